The van der Waals surface area contributed by atoms with Gasteiger partial charge in [-0.2, -0.15) is 9.36 Å². The van der Waals surface area contributed by atoms with Gasteiger partial charge in [-0.1, -0.05) is 24.3 Å². The van der Waals surface area contributed by atoms with Gasteiger partial charge < -0.3 is 9.84 Å². The highest BCUT2D eigenvalue weighted by Gasteiger charge is 2.10. The minimum atomic E-state index is 0.445. The monoisotopic (exact) mass is 294 g/mol. The Morgan fingerprint density at radius 3 is 2.86 bits per heavy atom. The summed E-state index contributed by atoms with van der Waals surface area (Å²) in [5, 5.41) is 8.16. The predicted octanol–water partition coefficient (Wildman–Crippen LogP) is 4.09. The SMILES string of the molecule is c1ccc(Nc2noc(-c3ccc4cnsc4c3)n2)cc1. The Morgan fingerprint density at radius 2 is 1.95 bits per heavy atom. The van der Waals surface area contributed by atoms with Crippen molar-refractivity contribution < 1.29 is 4.52 Å². The first-order chi connectivity index (χ1) is 10.4. The van der Waals surface area contributed by atoms with Gasteiger partial charge in [-0.05, 0) is 41.0 Å². The van der Waals surface area contributed by atoms with E-state index in [0.717, 1.165) is 21.3 Å². The summed E-state index contributed by atoms with van der Waals surface area (Å²) < 4.78 is 10.6. The maximum atomic E-state index is 5.31. The number of fused-ring (bicyclic) bond motifs is 1. The number of aromatic nitrogens is 3. The summed E-state index contributed by atoms with van der Waals surface area (Å²) in [5.74, 6) is 0.935. The molecule has 0 unspecified atom stereocenters. The van der Waals surface area contributed by atoms with Gasteiger partial charge in [0.2, 0.25) is 0 Å². The number of para-hydroxylation sites is 1. The smallest absolute Gasteiger partial charge is 0.268 e. The number of rotatable bonds is 3. The molecule has 0 saturated carbocycles. The Morgan fingerprint density at radius 1 is 1.05 bits per heavy atom. The van der Waals surface area contributed by atoms with Gasteiger partial charge in [0.05, 0.1) is 4.70 Å². The lowest BCUT2D eigenvalue weighted by atomic mass is 10.2. The van der Waals surface area contributed by atoms with Gasteiger partial charge in [-0.3, -0.25) is 0 Å². The van der Waals surface area contributed by atoms with E-state index in [0.29, 0.717) is 11.8 Å². The van der Waals surface area contributed by atoms with Crippen LogP contribution in [0.4, 0.5) is 11.6 Å². The van der Waals surface area contributed by atoms with E-state index >= 15 is 0 Å². The summed E-state index contributed by atoms with van der Waals surface area (Å²) in [6.07, 6.45) is 1.85. The Balaban J connectivity index is 1.64. The average molecular weight is 294 g/mol. The van der Waals surface area contributed by atoms with E-state index in [-0.39, 0.29) is 0 Å². The van der Waals surface area contributed by atoms with Crippen molar-refractivity contribution in [2.24, 2.45) is 0 Å². The molecule has 0 aliphatic rings. The van der Waals surface area contributed by atoms with Gasteiger partial charge in [-0.15, -0.1) is 0 Å². The molecule has 4 aromatic rings. The number of hydrogen-bond donors (Lipinski definition) is 1. The summed E-state index contributed by atoms with van der Waals surface area (Å²) >= 11 is 1.45. The van der Waals surface area contributed by atoms with Crippen LogP contribution in [-0.4, -0.2) is 14.5 Å². The van der Waals surface area contributed by atoms with Crippen LogP contribution in [0.2, 0.25) is 0 Å². The van der Waals surface area contributed by atoms with Gasteiger partial charge in [0.25, 0.3) is 11.8 Å². The van der Waals surface area contributed by atoms with Crippen LogP contribution in [0.3, 0.4) is 0 Å². The molecule has 5 nitrogen and oxygen atoms in total. The van der Waals surface area contributed by atoms with Crippen molar-refractivity contribution in [1.29, 1.82) is 0 Å². The first-order valence-electron chi connectivity index (χ1n) is 6.39. The Hall–Kier alpha value is -2.73. The van der Waals surface area contributed by atoms with E-state index in [1.165, 1.54) is 11.5 Å². The van der Waals surface area contributed by atoms with Crippen molar-refractivity contribution in [3.8, 4) is 11.5 Å². The molecule has 0 spiro atoms. The molecule has 0 fully saturated rings. The number of nitrogens with zero attached hydrogens (tertiary/aromatic N) is 3. The average Bonchev–Trinajstić information content (AvgIpc) is 3.16. The minimum Gasteiger partial charge on any atom is -0.332 e. The summed E-state index contributed by atoms with van der Waals surface area (Å²) in [7, 11) is 0. The molecule has 21 heavy (non-hydrogen) atoms. The van der Waals surface area contributed by atoms with Crippen LogP contribution < -0.4 is 5.32 Å². The molecule has 4 rings (SSSR count). The Labute approximate surface area is 124 Å². The van der Waals surface area contributed by atoms with Crippen molar-refractivity contribution in [3.05, 3.63) is 54.7 Å². The molecule has 102 valence electrons. The highest BCUT2D eigenvalue weighted by atomic mass is 32.1. The second-order valence-corrected chi connectivity index (χ2v) is 5.33. The second kappa shape index (κ2) is 4.99. The third-order valence-electron chi connectivity index (χ3n) is 3.06. The normalized spacial score (nSPS) is 10.9. The lowest BCUT2D eigenvalue weighted by Gasteiger charge is -1.98. The van der Waals surface area contributed by atoms with Crippen molar-refractivity contribution in [3.63, 3.8) is 0 Å². The van der Waals surface area contributed by atoms with Crippen LogP contribution in [0.15, 0.2) is 59.3 Å². The molecule has 0 atom stereocenters. The summed E-state index contributed by atoms with van der Waals surface area (Å²) in [5.41, 5.74) is 1.81. The van der Waals surface area contributed by atoms with E-state index in [2.05, 4.69) is 19.8 Å². The summed E-state index contributed by atoms with van der Waals surface area (Å²) in [4.78, 5) is 4.36. The number of nitrogens with one attached hydrogen (secondary N) is 1. The molecule has 2 aromatic heterocycles. The first-order valence-corrected chi connectivity index (χ1v) is 7.16. The van der Waals surface area contributed by atoms with Gasteiger partial charge in [0.1, 0.15) is 0 Å². The second-order valence-electron chi connectivity index (χ2n) is 4.49. The zero-order chi connectivity index (χ0) is 14.1. The predicted molar refractivity (Wildman–Crippen MR) is 82.6 cm³/mol. The molecule has 1 N–H and O–H groups in total. The third-order valence-corrected chi connectivity index (χ3v) is 3.82. The molecular weight excluding hydrogens is 284 g/mol. The highest BCUT2D eigenvalue weighted by Crippen LogP contribution is 2.26. The zero-order valence-electron chi connectivity index (χ0n) is 10.9. The van der Waals surface area contributed by atoms with Crippen LogP contribution in [0.1, 0.15) is 0 Å². The van der Waals surface area contributed by atoms with E-state index in [4.69, 9.17) is 4.52 Å². The maximum Gasteiger partial charge on any atom is 0.268 e. The van der Waals surface area contributed by atoms with Crippen molar-refractivity contribution in [1.82, 2.24) is 14.5 Å². The summed E-state index contributed by atoms with van der Waals surface area (Å²) in [6.45, 7) is 0. The van der Waals surface area contributed by atoms with Gasteiger partial charge in [0.15, 0.2) is 0 Å². The highest BCUT2D eigenvalue weighted by molar-refractivity contribution is 7.13. The van der Waals surface area contributed by atoms with Crippen molar-refractivity contribution >= 4 is 33.3 Å². The number of hydrogen-bond acceptors (Lipinski definition) is 6. The van der Waals surface area contributed by atoms with Gasteiger partial charge in [0, 0.05) is 22.8 Å². The van der Waals surface area contributed by atoms with Crippen LogP contribution >= 0.6 is 11.5 Å². The van der Waals surface area contributed by atoms with Crippen LogP contribution in [-0.2, 0) is 0 Å². The molecule has 0 amide bonds. The molecule has 0 radical (unpaired) electrons. The molecule has 0 bridgehead atoms. The van der Waals surface area contributed by atoms with Crippen LogP contribution in [0, 0.1) is 0 Å². The van der Waals surface area contributed by atoms with Crippen molar-refractivity contribution in [2.75, 3.05) is 5.32 Å². The Kier molecular flexibility index (Phi) is 2.86. The lowest BCUT2D eigenvalue weighted by Crippen LogP contribution is -1.91. The Bertz CT molecular complexity index is 885. The standard InChI is InChI=1S/C15H10N4OS/c1-2-4-12(5-3-1)17-15-18-14(20-19-15)10-6-7-11-9-16-21-13(11)8-10/h1-9H,(H,17,19). The van der Waals surface area contributed by atoms with E-state index < -0.39 is 0 Å². The van der Waals surface area contributed by atoms with Gasteiger partial charge in [-0.25, -0.2) is 0 Å². The lowest BCUT2D eigenvalue weighted by molar-refractivity contribution is 0.433. The van der Waals surface area contributed by atoms with Crippen LogP contribution in [0.5, 0.6) is 0 Å². The number of anilines is 2. The minimum absolute atomic E-state index is 0.445. The van der Waals surface area contributed by atoms with E-state index in [1.54, 1.807) is 0 Å². The summed E-state index contributed by atoms with van der Waals surface area (Å²) in [6, 6.07) is 15.7. The fourth-order valence-corrected chi connectivity index (χ4v) is 2.72. The fraction of sp³-hybridized carbons (Fsp3) is 0. The molecule has 2 heterocycles. The maximum absolute atomic E-state index is 5.31. The quantitative estimate of drug-likeness (QED) is 0.616. The van der Waals surface area contributed by atoms with E-state index in [9.17, 15) is 0 Å². The molecular formula is C15H10N4OS. The molecule has 0 saturated heterocycles. The largest absolute Gasteiger partial charge is 0.332 e. The molecule has 0 aliphatic carbocycles. The van der Waals surface area contributed by atoms with Gasteiger partial charge >= 0.3 is 0 Å². The van der Waals surface area contributed by atoms with Crippen LogP contribution in [0.25, 0.3) is 21.5 Å². The zero-order valence-corrected chi connectivity index (χ0v) is 11.7. The molecule has 2 aromatic carbocycles. The molecule has 0 aliphatic heterocycles. The third kappa shape index (κ3) is 2.36. The molecule has 6 heteroatoms. The number of benzene rings is 2. The first kappa shape index (κ1) is 12.0. The topological polar surface area (TPSA) is 63.8 Å². The van der Waals surface area contributed by atoms with E-state index in [1.807, 2.05) is 54.7 Å². The fourth-order valence-electron chi connectivity index (χ4n) is 2.04. The van der Waals surface area contributed by atoms with Crippen molar-refractivity contribution in [2.45, 2.75) is 0 Å².